The molecule has 0 fully saturated rings. The van der Waals surface area contributed by atoms with Crippen LogP contribution in [0.25, 0.3) is 6.08 Å². The zero-order valence-electron chi connectivity index (χ0n) is 17.7. The van der Waals surface area contributed by atoms with Gasteiger partial charge in [0.25, 0.3) is 5.91 Å². The molecule has 0 saturated heterocycles. The summed E-state index contributed by atoms with van der Waals surface area (Å²) in [6.07, 6.45) is 2.37. The Hall–Kier alpha value is -3.59. The molecule has 0 bridgehead atoms. The standard InChI is InChI=1S/C23H22N4O4S/c1-3-20-26-27-21(24)17(22(28)25-23(27)32-20)14-15-8-10-16(11-9-15)30-12-13-31-19-7-5-4-6-18(19)29-2/h4-11,14,24H,3,12-13H2,1-2H3/b17-14-,24-21?. The van der Waals surface area contributed by atoms with E-state index in [0.29, 0.717) is 35.6 Å². The van der Waals surface area contributed by atoms with E-state index < -0.39 is 5.91 Å². The van der Waals surface area contributed by atoms with Gasteiger partial charge < -0.3 is 14.2 Å². The molecule has 0 aliphatic carbocycles. The summed E-state index contributed by atoms with van der Waals surface area (Å²) < 4.78 is 16.7. The Bertz CT molecular complexity index is 1130. The molecule has 0 aromatic heterocycles. The summed E-state index contributed by atoms with van der Waals surface area (Å²) in [6.45, 7) is 2.71. The molecule has 2 aromatic carbocycles. The summed E-state index contributed by atoms with van der Waals surface area (Å²) in [5.74, 6) is 1.61. The zero-order valence-corrected chi connectivity index (χ0v) is 18.5. The molecule has 32 heavy (non-hydrogen) atoms. The highest BCUT2D eigenvalue weighted by Crippen LogP contribution is 2.29. The molecule has 164 valence electrons. The maximum absolute atomic E-state index is 12.4. The fourth-order valence-electron chi connectivity index (χ4n) is 3.05. The predicted molar refractivity (Wildman–Crippen MR) is 126 cm³/mol. The summed E-state index contributed by atoms with van der Waals surface area (Å²) >= 11 is 1.33. The number of amidine groups is 2. The van der Waals surface area contributed by atoms with Gasteiger partial charge >= 0.3 is 0 Å². The van der Waals surface area contributed by atoms with Crippen molar-refractivity contribution in [2.75, 3.05) is 20.3 Å². The van der Waals surface area contributed by atoms with Crippen LogP contribution in [0.2, 0.25) is 0 Å². The molecule has 0 saturated carbocycles. The topological polar surface area (TPSA) is 96.6 Å². The van der Waals surface area contributed by atoms with Crippen molar-refractivity contribution in [3.63, 3.8) is 0 Å². The second-order valence-corrected chi connectivity index (χ2v) is 7.82. The Morgan fingerprint density at radius 2 is 1.78 bits per heavy atom. The van der Waals surface area contributed by atoms with Crippen LogP contribution in [0.15, 0.2) is 64.2 Å². The minimum atomic E-state index is -0.435. The second kappa shape index (κ2) is 9.69. The monoisotopic (exact) mass is 450 g/mol. The van der Waals surface area contributed by atoms with Crippen molar-refractivity contribution in [2.45, 2.75) is 13.3 Å². The van der Waals surface area contributed by atoms with Gasteiger partial charge in [-0.3, -0.25) is 10.2 Å². The molecule has 0 spiro atoms. The van der Waals surface area contributed by atoms with Crippen molar-refractivity contribution in [2.24, 2.45) is 10.1 Å². The lowest BCUT2D eigenvalue weighted by atomic mass is 10.1. The molecule has 2 aliphatic heterocycles. The fourth-order valence-corrected chi connectivity index (χ4v) is 3.88. The minimum Gasteiger partial charge on any atom is -0.493 e. The Morgan fingerprint density at radius 3 is 2.50 bits per heavy atom. The normalized spacial score (nSPS) is 16.6. The number of methoxy groups -OCH3 is 1. The predicted octanol–water partition coefficient (Wildman–Crippen LogP) is 4.18. The Balaban J connectivity index is 1.36. The van der Waals surface area contributed by atoms with Gasteiger partial charge in [0.05, 0.1) is 12.7 Å². The average Bonchev–Trinajstić information content (AvgIpc) is 3.24. The van der Waals surface area contributed by atoms with Crippen molar-refractivity contribution in [1.29, 1.82) is 5.41 Å². The molecular weight excluding hydrogens is 428 g/mol. The number of hydrogen-bond acceptors (Lipinski definition) is 7. The van der Waals surface area contributed by atoms with E-state index in [0.717, 1.165) is 17.0 Å². The number of benzene rings is 2. The number of thioether (sulfide) groups is 1. The van der Waals surface area contributed by atoms with E-state index in [-0.39, 0.29) is 11.4 Å². The van der Waals surface area contributed by atoms with Gasteiger partial charge in [0.15, 0.2) is 17.3 Å². The molecule has 1 amide bonds. The first-order valence-electron chi connectivity index (χ1n) is 10.1. The Morgan fingerprint density at radius 1 is 1.06 bits per heavy atom. The number of carbonyl (C=O) groups excluding carboxylic acids is 1. The van der Waals surface area contributed by atoms with Crippen LogP contribution in [-0.4, -0.2) is 47.3 Å². The van der Waals surface area contributed by atoms with Crippen LogP contribution in [0.4, 0.5) is 0 Å². The first-order valence-corrected chi connectivity index (χ1v) is 10.9. The van der Waals surface area contributed by atoms with Crippen molar-refractivity contribution in [1.82, 2.24) is 5.01 Å². The molecule has 0 unspecified atom stereocenters. The first-order chi connectivity index (χ1) is 15.6. The average molecular weight is 451 g/mol. The highest BCUT2D eigenvalue weighted by atomic mass is 32.2. The van der Waals surface area contributed by atoms with Crippen molar-refractivity contribution >= 4 is 39.8 Å². The molecule has 9 heteroatoms. The van der Waals surface area contributed by atoms with E-state index in [9.17, 15) is 4.79 Å². The summed E-state index contributed by atoms with van der Waals surface area (Å²) in [5.41, 5.74) is 0.968. The number of fused-ring (bicyclic) bond motifs is 1. The Kier molecular flexibility index (Phi) is 6.55. The van der Waals surface area contributed by atoms with Crippen LogP contribution in [-0.2, 0) is 4.79 Å². The van der Waals surface area contributed by atoms with Gasteiger partial charge in [-0.1, -0.05) is 31.2 Å². The molecule has 0 atom stereocenters. The zero-order chi connectivity index (χ0) is 22.5. The molecule has 1 N–H and O–H groups in total. The van der Waals surface area contributed by atoms with Gasteiger partial charge in [-0.05, 0) is 54.1 Å². The van der Waals surface area contributed by atoms with Gasteiger partial charge in [0.2, 0.25) is 5.17 Å². The molecule has 2 heterocycles. The Labute approximate surface area is 190 Å². The number of amides is 1. The number of nitrogens with one attached hydrogen (secondary N) is 1. The van der Waals surface area contributed by atoms with E-state index in [1.165, 1.54) is 16.8 Å². The van der Waals surface area contributed by atoms with Crippen LogP contribution in [0.3, 0.4) is 0 Å². The van der Waals surface area contributed by atoms with Crippen molar-refractivity contribution in [3.8, 4) is 17.2 Å². The lowest BCUT2D eigenvalue weighted by Gasteiger charge is -2.20. The summed E-state index contributed by atoms with van der Waals surface area (Å²) in [6, 6.07) is 14.7. The number of hydrogen-bond donors (Lipinski definition) is 1. The van der Waals surface area contributed by atoms with Gasteiger partial charge in [0.1, 0.15) is 24.0 Å². The smallest absolute Gasteiger partial charge is 0.283 e. The number of aliphatic imine (C=N–C) groups is 1. The third-order valence-electron chi connectivity index (χ3n) is 4.67. The quantitative estimate of drug-likeness (QED) is 0.479. The second-order valence-electron chi connectivity index (χ2n) is 6.78. The summed E-state index contributed by atoms with van der Waals surface area (Å²) in [5, 5.41) is 15.4. The maximum Gasteiger partial charge on any atom is 0.283 e. The number of rotatable bonds is 8. The van der Waals surface area contributed by atoms with Crippen LogP contribution in [0, 0.1) is 5.41 Å². The molecule has 0 radical (unpaired) electrons. The fraction of sp³-hybridized carbons (Fsp3) is 0.217. The molecule has 2 aliphatic rings. The van der Waals surface area contributed by atoms with E-state index in [4.69, 9.17) is 19.6 Å². The van der Waals surface area contributed by atoms with Crippen LogP contribution < -0.4 is 14.2 Å². The molecule has 2 aromatic rings. The molecular formula is C23H22N4O4S. The first kappa shape index (κ1) is 21.6. The van der Waals surface area contributed by atoms with Crippen LogP contribution in [0.5, 0.6) is 17.2 Å². The largest absolute Gasteiger partial charge is 0.493 e. The van der Waals surface area contributed by atoms with Gasteiger partial charge in [-0.25, -0.2) is 0 Å². The number of para-hydroxylation sites is 2. The highest BCUT2D eigenvalue weighted by molar-refractivity contribution is 8.26. The summed E-state index contributed by atoms with van der Waals surface area (Å²) in [7, 11) is 1.60. The maximum atomic E-state index is 12.4. The van der Waals surface area contributed by atoms with Gasteiger partial charge in [-0.2, -0.15) is 15.1 Å². The highest BCUT2D eigenvalue weighted by Gasteiger charge is 2.34. The van der Waals surface area contributed by atoms with E-state index in [1.807, 2.05) is 43.3 Å². The third-order valence-corrected chi connectivity index (χ3v) is 5.72. The number of ether oxygens (including phenoxy) is 3. The molecule has 4 rings (SSSR count). The number of nitrogens with zero attached hydrogens (tertiary/aromatic N) is 3. The van der Waals surface area contributed by atoms with Crippen LogP contribution >= 0.6 is 11.8 Å². The van der Waals surface area contributed by atoms with E-state index in [1.54, 1.807) is 25.3 Å². The summed E-state index contributed by atoms with van der Waals surface area (Å²) in [4.78, 5) is 16.5. The van der Waals surface area contributed by atoms with Crippen molar-refractivity contribution < 1.29 is 19.0 Å². The van der Waals surface area contributed by atoms with E-state index in [2.05, 4.69) is 10.1 Å². The third kappa shape index (κ3) is 4.67. The van der Waals surface area contributed by atoms with E-state index >= 15 is 0 Å². The van der Waals surface area contributed by atoms with Gasteiger partial charge in [0, 0.05) is 0 Å². The lowest BCUT2D eigenvalue weighted by molar-refractivity contribution is -0.114. The SMILES string of the molecule is CCC1=NN2C(=N)/C(=C/c3ccc(OCCOc4ccccc4OC)cc3)C(=O)N=C2S1. The number of hydrazone groups is 1. The number of carbonyl (C=O) groups is 1. The molecule has 8 nitrogen and oxygen atoms in total. The van der Waals surface area contributed by atoms with Crippen molar-refractivity contribution in [3.05, 3.63) is 59.7 Å². The van der Waals surface area contributed by atoms with Gasteiger partial charge in [-0.15, -0.1) is 0 Å². The lowest BCUT2D eigenvalue weighted by Crippen LogP contribution is -2.35. The van der Waals surface area contributed by atoms with Crippen LogP contribution in [0.1, 0.15) is 18.9 Å². The minimum absolute atomic E-state index is 0.0322.